The number of benzene rings is 1. The van der Waals surface area contributed by atoms with Crippen LogP contribution < -0.4 is 10.2 Å². The summed E-state index contributed by atoms with van der Waals surface area (Å²) in [6.45, 7) is 0.330. The van der Waals surface area contributed by atoms with Crippen molar-refractivity contribution in [1.82, 2.24) is 15.2 Å². The Morgan fingerprint density at radius 2 is 1.92 bits per heavy atom. The summed E-state index contributed by atoms with van der Waals surface area (Å²) in [5.41, 5.74) is 1.75. The van der Waals surface area contributed by atoms with Gasteiger partial charge < -0.3 is 10.2 Å². The van der Waals surface area contributed by atoms with Gasteiger partial charge in [-0.1, -0.05) is 29.5 Å². The number of fused-ring (bicyclic) bond motifs is 1. The minimum absolute atomic E-state index is 0.134. The Hall–Kier alpha value is -2.42. The van der Waals surface area contributed by atoms with Gasteiger partial charge >= 0.3 is 6.18 Å². The Morgan fingerprint density at radius 3 is 2.58 bits per heavy atom. The molecule has 0 unspecified atom stereocenters. The van der Waals surface area contributed by atoms with Crippen LogP contribution in [0, 0.1) is 0 Å². The van der Waals surface area contributed by atoms with Gasteiger partial charge in [0.15, 0.2) is 0 Å². The van der Waals surface area contributed by atoms with Crippen molar-refractivity contribution in [2.45, 2.75) is 12.7 Å². The molecule has 0 amide bonds. The SMILES string of the molecule is CN(C)c1cc(CNc2nnc(C(F)(F)F)s2)c2ccccc2n1. The highest BCUT2D eigenvalue weighted by Gasteiger charge is 2.35. The largest absolute Gasteiger partial charge is 0.445 e. The Morgan fingerprint density at radius 1 is 1.17 bits per heavy atom. The lowest BCUT2D eigenvalue weighted by Crippen LogP contribution is -2.12. The van der Waals surface area contributed by atoms with Crippen LogP contribution in [0.4, 0.5) is 24.1 Å². The molecule has 0 fully saturated rings. The lowest BCUT2D eigenvalue weighted by Gasteiger charge is -2.15. The maximum atomic E-state index is 12.6. The highest BCUT2D eigenvalue weighted by atomic mass is 32.1. The molecule has 0 bridgehead atoms. The molecule has 5 nitrogen and oxygen atoms in total. The number of pyridine rings is 1. The van der Waals surface area contributed by atoms with Gasteiger partial charge in [-0.25, -0.2) is 4.98 Å². The minimum atomic E-state index is -4.47. The second kappa shape index (κ2) is 6.23. The molecule has 0 atom stereocenters. The Balaban J connectivity index is 1.88. The number of halogens is 3. The molecule has 3 aromatic rings. The molecule has 2 aromatic heterocycles. The van der Waals surface area contributed by atoms with E-state index in [-0.39, 0.29) is 5.13 Å². The lowest BCUT2D eigenvalue weighted by atomic mass is 10.1. The lowest BCUT2D eigenvalue weighted by molar-refractivity contribution is -0.138. The molecular weight excluding hydrogens is 339 g/mol. The van der Waals surface area contributed by atoms with E-state index in [9.17, 15) is 13.2 Å². The minimum Gasteiger partial charge on any atom is -0.363 e. The molecule has 24 heavy (non-hydrogen) atoms. The summed E-state index contributed by atoms with van der Waals surface area (Å²) in [5.74, 6) is 0.777. The summed E-state index contributed by atoms with van der Waals surface area (Å²) < 4.78 is 37.7. The third kappa shape index (κ3) is 3.40. The number of nitrogens with one attached hydrogen (secondary N) is 1. The van der Waals surface area contributed by atoms with Gasteiger partial charge in [0.2, 0.25) is 10.1 Å². The second-order valence-electron chi connectivity index (χ2n) is 5.31. The van der Waals surface area contributed by atoms with Crippen molar-refractivity contribution in [3.05, 3.63) is 40.9 Å². The number of aromatic nitrogens is 3. The molecule has 2 heterocycles. The van der Waals surface area contributed by atoms with Gasteiger partial charge in [0.25, 0.3) is 0 Å². The first kappa shape index (κ1) is 16.4. The molecule has 3 rings (SSSR count). The zero-order chi connectivity index (χ0) is 17.3. The molecule has 0 aliphatic heterocycles. The quantitative estimate of drug-likeness (QED) is 0.774. The second-order valence-corrected chi connectivity index (χ2v) is 6.29. The van der Waals surface area contributed by atoms with Crippen molar-refractivity contribution >= 4 is 33.2 Å². The predicted molar refractivity (Wildman–Crippen MR) is 88.3 cm³/mol. The number of hydrogen-bond donors (Lipinski definition) is 1. The van der Waals surface area contributed by atoms with Gasteiger partial charge in [0, 0.05) is 26.0 Å². The molecular formula is C15H14F3N5S. The normalized spacial score (nSPS) is 11.7. The first-order valence-electron chi connectivity index (χ1n) is 7.05. The van der Waals surface area contributed by atoms with Crippen LogP contribution >= 0.6 is 11.3 Å². The van der Waals surface area contributed by atoms with Crippen molar-refractivity contribution in [3.8, 4) is 0 Å². The number of hydrogen-bond acceptors (Lipinski definition) is 6. The van der Waals surface area contributed by atoms with Crippen LogP contribution in [-0.4, -0.2) is 29.3 Å². The Bertz CT molecular complexity index is 860. The van der Waals surface area contributed by atoms with Gasteiger partial charge in [-0.2, -0.15) is 13.2 Å². The molecule has 1 N–H and O–H groups in total. The van der Waals surface area contributed by atoms with E-state index in [1.54, 1.807) is 0 Å². The average Bonchev–Trinajstić information content (AvgIpc) is 3.01. The molecule has 0 aliphatic rings. The summed E-state index contributed by atoms with van der Waals surface area (Å²) in [4.78, 5) is 6.43. The fraction of sp³-hybridized carbons (Fsp3) is 0.267. The van der Waals surface area contributed by atoms with E-state index >= 15 is 0 Å². The van der Waals surface area contributed by atoms with Crippen LogP contribution in [0.2, 0.25) is 0 Å². The fourth-order valence-corrected chi connectivity index (χ4v) is 2.79. The van der Waals surface area contributed by atoms with Crippen LogP contribution in [0.5, 0.6) is 0 Å². The van der Waals surface area contributed by atoms with Crippen molar-refractivity contribution in [2.24, 2.45) is 0 Å². The van der Waals surface area contributed by atoms with Crippen LogP contribution in [0.15, 0.2) is 30.3 Å². The third-order valence-corrected chi connectivity index (χ3v) is 4.27. The smallest absolute Gasteiger partial charge is 0.363 e. The van der Waals surface area contributed by atoms with Crippen LogP contribution in [0.1, 0.15) is 10.6 Å². The first-order valence-corrected chi connectivity index (χ1v) is 7.87. The number of nitrogens with zero attached hydrogens (tertiary/aromatic N) is 4. The van der Waals surface area contributed by atoms with E-state index in [0.29, 0.717) is 17.9 Å². The zero-order valence-electron chi connectivity index (χ0n) is 12.9. The predicted octanol–water partition coefficient (Wildman–Crippen LogP) is 3.78. The summed E-state index contributed by atoms with van der Waals surface area (Å²) in [6.07, 6.45) is -4.47. The standard InChI is InChI=1S/C15H14F3N5S/c1-23(2)12-7-9(10-5-3-4-6-11(10)20-12)8-19-14-22-21-13(24-14)15(16,17)18/h3-7H,8H2,1-2H3,(H,19,22). The van der Waals surface area contributed by atoms with E-state index in [1.165, 1.54) is 0 Å². The first-order chi connectivity index (χ1) is 11.3. The van der Waals surface area contributed by atoms with Crippen molar-refractivity contribution < 1.29 is 13.2 Å². The van der Waals surface area contributed by atoms with E-state index in [2.05, 4.69) is 20.5 Å². The van der Waals surface area contributed by atoms with Crippen LogP contribution in [0.25, 0.3) is 10.9 Å². The molecule has 9 heteroatoms. The van der Waals surface area contributed by atoms with Crippen LogP contribution in [-0.2, 0) is 12.7 Å². The molecule has 0 radical (unpaired) electrons. The number of para-hydroxylation sites is 1. The average molecular weight is 353 g/mol. The Labute approximate surface area is 140 Å². The van der Waals surface area contributed by atoms with Gasteiger partial charge in [-0.15, -0.1) is 10.2 Å². The summed E-state index contributed by atoms with van der Waals surface area (Å²) in [6, 6.07) is 9.53. The van der Waals surface area contributed by atoms with Crippen molar-refractivity contribution in [3.63, 3.8) is 0 Å². The molecule has 0 saturated heterocycles. The molecule has 126 valence electrons. The molecule has 0 spiro atoms. The number of alkyl halides is 3. The topological polar surface area (TPSA) is 53.9 Å². The van der Waals surface area contributed by atoms with E-state index in [4.69, 9.17) is 0 Å². The highest BCUT2D eigenvalue weighted by Crippen LogP contribution is 2.33. The summed E-state index contributed by atoms with van der Waals surface area (Å²) >= 11 is 0.491. The molecule has 1 aromatic carbocycles. The van der Waals surface area contributed by atoms with Crippen LogP contribution in [0.3, 0.4) is 0 Å². The third-order valence-electron chi connectivity index (χ3n) is 3.34. The highest BCUT2D eigenvalue weighted by molar-refractivity contribution is 7.15. The summed E-state index contributed by atoms with van der Waals surface area (Å²) in [7, 11) is 3.77. The zero-order valence-corrected chi connectivity index (χ0v) is 13.7. The summed E-state index contributed by atoms with van der Waals surface area (Å²) in [5, 5.41) is 9.74. The van der Waals surface area contributed by atoms with Gasteiger partial charge in [0.1, 0.15) is 5.82 Å². The van der Waals surface area contributed by atoms with Gasteiger partial charge in [-0.05, 0) is 17.7 Å². The number of anilines is 2. The molecule has 0 saturated carbocycles. The van der Waals surface area contributed by atoms with Gasteiger partial charge in [0.05, 0.1) is 5.52 Å². The monoisotopic (exact) mass is 353 g/mol. The Kier molecular flexibility index (Phi) is 4.27. The number of rotatable bonds is 4. The maximum absolute atomic E-state index is 12.6. The van der Waals surface area contributed by atoms with Gasteiger partial charge in [-0.3, -0.25) is 0 Å². The fourth-order valence-electron chi connectivity index (χ4n) is 2.19. The van der Waals surface area contributed by atoms with Crippen molar-refractivity contribution in [2.75, 3.05) is 24.3 Å². The van der Waals surface area contributed by atoms with E-state index in [1.807, 2.05) is 49.3 Å². The van der Waals surface area contributed by atoms with Crippen molar-refractivity contribution in [1.29, 1.82) is 0 Å². The van der Waals surface area contributed by atoms with E-state index in [0.717, 1.165) is 22.3 Å². The molecule has 0 aliphatic carbocycles. The van der Waals surface area contributed by atoms with E-state index < -0.39 is 11.2 Å². The maximum Gasteiger partial charge on any atom is 0.445 e.